The molecule has 0 aliphatic heterocycles. The Kier molecular flexibility index (Phi) is 5.95. The minimum atomic E-state index is 0.532. The van der Waals surface area contributed by atoms with Gasteiger partial charge in [-0.2, -0.15) is 0 Å². The molecule has 0 unspecified atom stereocenters. The first-order valence-electron chi connectivity index (χ1n) is 7.73. The van der Waals surface area contributed by atoms with E-state index in [1.54, 1.807) is 0 Å². The van der Waals surface area contributed by atoms with Crippen molar-refractivity contribution in [3.63, 3.8) is 0 Å². The predicted octanol–water partition coefficient (Wildman–Crippen LogP) is 4.79. The Labute approximate surface area is 132 Å². The zero-order valence-electron chi connectivity index (χ0n) is 13.3. The molecule has 0 radical (unpaired) electrons. The third-order valence-corrected chi connectivity index (χ3v) is 4.90. The number of anilines is 1. The van der Waals surface area contributed by atoms with Gasteiger partial charge in [0.15, 0.2) is 0 Å². The van der Waals surface area contributed by atoms with Crippen LogP contribution in [0.5, 0.6) is 0 Å². The molecule has 21 heavy (non-hydrogen) atoms. The van der Waals surface area contributed by atoms with E-state index in [0.29, 0.717) is 12.6 Å². The van der Waals surface area contributed by atoms with Crippen molar-refractivity contribution in [2.75, 3.05) is 23.2 Å². The van der Waals surface area contributed by atoms with Crippen molar-refractivity contribution in [3.05, 3.63) is 42.0 Å². The number of nitrogens with two attached hydrogens (primary N) is 1. The topological polar surface area (TPSA) is 29.3 Å². The van der Waals surface area contributed by atoms with Gasteiger partial charge >= 0.3 is 0 Å². The van der Waals surface area contributed by atoms with Crippen LogP contribution in [0, 0.1) is 0 Å². The van der Waals surface area contributed by atoms with Crippen molar-refractivity contribution in [2.24, 2.45) is 5.73 Å². The fourth-order valence-corrected chi connectivity index (χ4v) is 3.51. The molecule has 3 heteroatoms. The van der Waals surface area contributed by atoms with Gasteiger partial charge in [0.1, 0.15) is 0 Å². The van der Waals surface area contributed by atoms with Gasteiger partial charge in [-0.3, -0.25) is 0 Å². The summed E-state index contributed by atoms with van der Waals surface area (Å²) in [6, 6.07) is 13.2. The second-order valence-electron chi connectivity index (χ2n) is 5.63. The molecule has 0 fully saturated rings. The van der Waals surface area contributed by atoms with E-state index in [-0.39, 0.29) is 0 Å². The molecule has 0 saturated carbocycles. The maximum Gasteiger partial charge on any atom is 0.0665 e. The maximum atomic E-state index is 5.99. The quantitative estimate of drug-likeness (QED) is 0.589. The molecule has 0 aromatic heterocycles. The Morgan fingerprint density at radius 3 is 2.43 bits per heavy atom. The number of hydrogen-bond acceptors (Lipinski definition) is 3. The van der Waals surface area contributed by atoms with Crippen LogP contribution < -0.4 is 10.6 Å². The third kappa shape index (κ3) is 3.72. The summed E-state index contributed by atoms with van der Waals surface area (Å²) in [6.07, 6.45) is 1.20. The molecular weight excluding hydrogens is 276 g/mol. The highest BCUT2D eigenvalue weighted by atomic mass is 32.2. The van der Waals surface area contributed by atoms with Gasteiger partial charge in [0.25, 0.3) is 0 Å². The Bertz CT molecular complexity index is 580. The van der Waals surface area contributed by atoms with E-state index in [4.69, 9.17) is 5.73 Å². The van der Waals surface area contributed by atoms with Gasteiger partial charge in [0.05, 0.1) is 12.5 Å². The molecule has 0 saturated heterocycles. The molecule has 0 amide bonds. The molecule has 0 spiro atoms. The fraction of sp³-hybridized carbons (Fsp3) is 0.444. The molecule has 2 aromatic carbocycles. The Morgan fingerprint density at radius 2 is 1.81 bits per heavy atom. The minimum absolute atomic E-state index is 0.532. The summed E-state index contributed by atoms with van der Waals surface area (Å²) < 4.78 is 0. The highest BCUT2D eigenvalue weighted by Gasteiger charge is 2.12. The van der Waals surface area contributed by atoms with Crippen LogP contribution in [0.3, 0.4) is 0 Å². The average molecular weight is 302 g/mol. The molecule has 0 aliphatic carbocycles. The highest BCUT2D eigenvalue weighted by molar-refractivity contribution is 7.99. The summed E-state index contributed by atoms with van der Waals surface area (Å²) in [5.41, 5.74) is 8.65. The van der Waals surface area contributed by atoms with Crippen LogP contribution in [0.15, 0.2) is 36.4 Å². The molecular formula is C18H26N2S. The van der Waals surface area contributed by atoms with E-state index in [9.17, 15) is 0 Å². The van der Waals surface area contributed by atoms with Crippen LogP contribution in [0.4, 0.5) is 5.69 Å². The van der Waals surface area contributed by atoms with E-state index in [1.165, 1.54) is 34.2 Å². The van der Waals surface area contributed by atoms with E-state index in [1.807, 2.05) is 11.8 Å². The molecule has 114 valence electrons. The van der Waals surface area contributed by atoms with Gasteiger partial charge < -0.3 is 10.6 Å². The Morgan fingerprint density at radius 1 is 1.10 bits per heavy atom. The van der Waals surface area contributed by atoms with Gasteiger partial charge in [-0.15, -0.1) is 11.8 Å². The van der Waals surface area contributed by atoms with Crippen molar-refractivity contribution in [1.82, 2.24) is 0 Å². The first-order chi connectivity index (χ1) is 10.2. The van der Waals surface area contributed by atoms with Crippen molar-refractivity contribution < 1.29 is 0 Å². The second-order valence-corrected chi connectivity index (χ2v) is 6.71. The van der Waals surface area contributed by atoms with Crippen LogP contribution in [0.2, 0.25) is 0 Å². The third-order valence-electron chi connectivity index (χ3n) is 3.71. The zero-order valence-corrected chi connectivity index (χ0v) is 14.1. The molecule has 2 N–H and O–H groups in total. The van der Waals surface area contributed by atoms with Gasteiger partial charge in [0.2, 0.25) is 0 Å². The predicted molar refractivity (Wildman–Crippen MR) is 97.2 cm³/mol. The number of fused-ring (bicyclic) bond motifs is 1. The van der Waals surface area contributed by atoms with Crippen LogP contribution in [-0.4, -0.2) is 18.3 Å². The summed E-state index contributed by atoms with van der Waals surface area (Å²) in [4.78, 5) is 2.27. The summed E-state index contributed by atoms with van der Waals surface area (Å²) in [6.45, 7) is 7.27. The summed E-state index contributed by atoms with van der Waals surface area (Å²) in [5, 5.41) is 2.66. The van der Waals surface area contributed by atoms with Gasteiger partial charge in [-0.05, 0) is 35.1 Å². The normalized spacial score (nSPS) is 11.3. The SMILES string of the molecule is CCCSCN(CN)c1ccc(C(C)C)c2ccccc12. The first-order valence-corrected chi connectivity index (χ1v) is 8.88. The van der Waals surface area contributed by atoms with Gasteiger partial charge in [-0.1, -0.05) is 51.1 Å². The van der Waals surface area contributed by atoms with Crippen molar-refractivity contribution in [3.8, 4) is 0 Å². The van der Waals surface area contributed by atoms with Crippen molar-refractivity contribution in [1.29, 1.82) is 0 Å². The lowest BCUT2D eigenvalue weighted by Crippen LogP contribution is -2.29. The lowest BCUT2D eigenvalue weighted by atomic mass is 9.95. The van der Waals surface area contributed by atoms with Crippen LogP contribution in [-0.2, 0) is 0 Å². The van der Waals surface area contributed by atoms with Crippen LogP contribution in [0.1, 0.15) is 38.7 Å². The van der Waals surface area contributed by atoms with Gasteiger partial charge in [0, 0.05) is 11.1 Å². The van der Waals surface area contributed by atoms with Crippen molar-refractivity contribution in [2.45, 2.75) is 33.1 Å². The molecule has 0 bridgehead atoms. The first kappa shape index (κ1) is 16.2. The zero-order chi connectivity index (χ0) is 15.2. The number of nitrogens with zero attached hydrogens (tertiary/aromatic N) is 1. The Balaban J connectivity index is 2.41. The standard InChI is InChI=1S/C18H26N2S/c1-4-11-21-13-20(12-19)18-10-9-15(14(2)3)16-7-5-6-8-17(16)18/h5-10,14H,4,11-13,19H2,1-3H3. The van der Waals surface area contributed by atoms with E-state index in [0.717, 1.165) is 5.88 Å². The highest BCUT2D eigenvalue weighted by Crippen LogP contribution is 2.33. The molecule has 2 nitrogen and oxygen atoms in total. The number of thioether (sulfide) groups is 1. The van der Waals surface area contributed by atoms with Gasteiger partial charge in [-0.25, -0.2) is 0 Å². The minimum Gasteiger partial charge on any atom is -0.349 e. The smallest absolute Gasteiger partial charge is 0.0665 e. The monoisotopic (exact) mass is 302 g/mol. The van der Waals surface area contributed by atoms with Crippen molar-refractivity contribution >= 4 is 28.2 Å². The molecule has 0 aliphatic rings. The lowest BCUT2D eigenvalue weighted by Gasteiger charge is -2.25. The van der Waals surface area contributed by atoms with E-state index in [2.05, 4.69) is 62.1 Å². The average Bonchev–Trinajstić information content (AvgIpc) is 2.51. The molecule has 2 aromatic rings. The van der Waals surface area contributed by atoms with Crippen LogP contribution >= 0.6 is 11.8 Å². The lowest BCUT2D eigenvalue weighted by molar-refractivity contribution is 0.873. The summed E-state index contributed by atoms with van der Waals surface area (Å²) >= 11 is 1.95. The molecule has 0 heterocycles. The number of rotatable bonds is 7. The van der Waals surface area contributed by atoms with E-state index >= 15 is 0 Å². The second kappa shape index (κ2) is 7.71. The summed E-state index contributed by atoms with van der Waals surface area (Å²) in [7, 11) is 0. The maximum absolute atomic E-state index is 5.99. The van der Waals surface area contributed by atoms with Crippen LogP contribution in [0.25, 0.3) is 10.8 Å². The molecule has 0 atom stereocenters. The summed E-state index contributed by atoms with van der Waals surface area (Å²) in [5.74, 6) is 2.66. The van der Waals surface area contributed by atoms with E-state index < -0.39 is 0 Å². The largest absolute Gasteiger partial charge is 0.349 e. The Hall–Kier alpha value is -1.19. The molecule has 2 rings (SSSR count). The number of hydrogen-bond donors (Lipinski definition) is 1. The number of benzene rings is 2. The fourth-order valence-electron chi connectivity index (χ4n) is 2.63.